The van der Waals surface area contributed by atoms with E-state index in [4.69, 9.17) is 0 Å². The maximum Gasteiger partial charge on any atom is 0.254 e. The Morgan fingerprint density at radius 3 is 2.31 bits per heavy atom. The highest BCUT2D eigenvalue weighted by Gasteiger charge is 2.14. The Kier molecular flexibility index (Phi) is 5.46. The number of amides is 1. The van der Waals surface area contributed by atoms with Gasteiger partial charge in [-0.15, -0.1) is 0 Å². The van der Waals surface area contributed by atoms with E-state index < -0.39 is 0 Å². The second-order valence-electron chi connectivity index (χ2n) is 6.46. The highest BCUT2D eigenvalue weighted by Crippen LogP contribution is 2.13. The highest BCUT2D eigenvalue weighted by atomic mass is 16.2. The standard InChI is InChI=1S/C21H24N4O/c1-4-24(14-19-9-11-22-12-10-19)21(26)20-7-5-18(6-8-20)15-25-17(3)13-16(2)23-25/h5-13H,4,14-15H2,1-3H3. The maximum absolute atomic E-state index is 12.8. The molecule has 2 aromatic heterocycles. The first-order chi connectivity index (χ1) is 12.6. The van der Waals surface area contributed by atoms with Crippen LogP contribution in [0.1, 0.15) is 39.8 Å². The van der Waals surface area contributed by atoms with E-state index in [2.05, 4.69) is 23.1 Å². The van der Waals surface area contributed by atoms with E-state index >= 15 is 0 Å². The van der Waals surface area contributed by atoms with Crippen LogP contribution in [0.5, 0.6) is 0 Å². The third-order valence-corrected chi connectivity index (χ3v) is 4.43. The molecule has 0 unspecified atom stereocenters. The number of aryl methyl sites for hydroxylation is 2. The number of benzene rings is 1. The van der Waals surface area contributed by atoms with E-state index in [1.807, 2.05) is 59.8 Å². The summed E-state index contributed by atoms with van der Waals surface area (Å²) in [5.74, 6) is 0.0435. The Hall–Kier alpha value is -2.95. The minimum atomic E-state index is 0.0435. The molecule has 0 saturated heterocycles. The van der Waals surface area contributed by atoms with E-state index in [1.165, 1.54) is 0 Å². The van der Waals surface area contributed by atoms with Crippen molar-refractivity contribution in [1.29, 1.82) is 0 Å². The first-order valence-electron chi connectivity index (χ1n) is 8.85. The molecule has 0 saturated carbocycles. The smallest absolute Gasteiger partial charge is 0.254 e. The summed E-state index contributed by atoms with van der Waals surface area (Å²) in [5, 5.41) is 4.49. The fraction of sp³-hybridized carbons (Fsp3) is 0.286. The Morgan fingerprint density at radius 2 is 1.73 bits per heavy atom. The van der Waals surface area contributed by atoms with Crippen LogP contribution in [-0.2, 0) is 13.1 Å². The molecule has 0 radical (unpaired) electrons. The van der Waals surface area contributed by atoms with E-state index in [0.717, 1.165) is 22.5 Å². The quantitative estimate of drug-likeness (QED) is 0.684. The lowest BCUT2D eigenvalue weighted by molar-refractivity contribution is 0.0752. The van der Waals surface area contributed by atoms with Crippen molar-refractivity contribution < 1.29 is 4.79 Å². The van der Waals surface area contributed by atoms with Gasteiger partial charge in [0.05, 0.1) is 12.2 Å². The minimum absolute atomic E-state index is 0.0435. The van der Waals surface area contributed by atoms with Gasteiger partial charge in [-0.25, -0.2) is 0 Å². The molecule has 26 heavy (non-hydrogen) atoms. The van der Waals surface area contributed by atoms with Crippen molar-refractivity contribution in [2.45, 2.75) is 33.9 Å². The van der Waals surface area contributed by atoms with E-state index in [-0.39, 0.29) is 5.91 Å². The fourth-order valence-corrected chi connectivity index (χ4v) is 2.98. The number of pyridine rings is 1. The summed E-state index contributed by atoms with van der Waals surface area (Å²) in [6, 6.07) is 13.8. The number of carbonyl (C=O) groups is 1. The largest absolute Gasteiger partial charge is 0.335 e. The summed E-state index contributed by atoms with van der Waals surface area (Å²) >= 11 is 0. The molecule has 1 aromatic carbocycles. The Bertz CT molecular complexity index is 869. The number of hydrogen-bond donors (Lipinski definition) is 0. The molecular weight excluding hydrogens is 324 g/mol. The van der Waals surface area contributed by atoms with Gasteiger partial charge in [-0.05, 0) is 62.2 Å². The zero-order chi connectivity index (χ0) is 18.5. The molecule has 5 heteroatoms. The summed E-state index contributed by atoms with van der Waals surface area (Å²) in [6.45, 7) is 8.00. The van der Waals surface area contributed by atoms with Crippen molar-refractivity contribution in [3.63, 3.8) is 0 Å². The fourth-order valence-electron chi connectivity index (χ4n) is 2.98. The van der Waals surface area contributed by atoms with Gasteiger partial charge in [0.25, 0.3) is 5.91 Å². The summed E-state index contributed by atoms with van der Waals surface area (Å²) in [6.07, 6.45) is 3.50. The highest BCUT2D eigenvalue weighted by molar-refractivity contribution is 5.94. The molecular formula is C21H24N4O. The van der Waals surface area contributed by atoms with Crippen molar-refractivity contribution in [2.75, 3.05) is 6.54 Å². The monoisotopic (exact) mass is 348 g/mol. The lowest BCUT2D eigenvalue weighted by Gasteiger charge is -2.21. The molecule has 1 amide bonds. The van der Waals surface area contributed by atoms with Crippen LogP contribution < -0.4 is 0 Å². The van der Waals surface area contributed by atoms with Gasteiger partial charge >= 0.3 is 0 Å². The number of nitrogens with zero attached hydrogens (tertiary/aromatic N) is 4. The zero-order valence-electron chi connectivity index (χ0n) is 15.5. The molecule has 2 heterocycles. The molecule has 0 aliphatic rings. The molecule has 0 aliphatic heterocycles. The topological polar surface area (TPSA) is 51.0 Å². The van der Waals surface area contributed by atoms with Gasteiger partial charge in [-0.1, -0.05) is 12.1 Å². The maximum atomic E-state index is 12.8. The van der Waals surface area contributed by atoms with Crippen molar-refractivity contribution in [3.8, 4) is 0 Å². The first-order valence-corrected chi connectivity index (χ1v) is 8.85. The lowest BCUT2D eigenvalue weighted by atomic mass is 10.1. The van der Waals surface area contributed by atoms with Crippen LogP contribution in [-0.4, -0.2) is 32.1 Å². The normalized spacial score (nSPS) is 10.7. The average molecular weight is 348 g/mol. The van der Waals surface area contributed by atoms with Gasteiger partial charge in [0.2, 0.25) is 0 Å². The molecule has 0 spiro atoms. The van der Waals surface area contributed by atoms with Gasteiger partial charge in [-0.2, -0.15) is 5.10 Å². The molecule has 0 N–H and O–H groups in total. The van der Waals surface area contributed by atoms with Crippen molar-refractivity contribution in [2.24, 2.45) is 0 Å². The summed E-state index contributed by atoms with van der Waals surface area (Å²) in [4.78, 5) is 18.7. The predicted molar refractivity (Wildman–Crippen MR) is 102 cm³/mol. The summed E-state index contributed by atoms with van der Waals surface area (Å²) in [5.41, 5.74) is 5.07. The second-order valence-corrected chi connectivity index (χ2v) is 6.46. The third kappa shape index (κ3) is 4.17. The van der Waals surface area contributed by atoms with E-state index in [9.17, 15) is 4.79 Å². The molecule has 0 atom stereocenters. The predicted octanol–water partition coefficient (Wildman–Crippen LogP) is 3.61. The van der Waals surface area contributed by atoms with Gasteiger partial charge in [0.1, 0.15) is 0 Å². The number of rotatable bonds is 6. The molecule has 134 valence electrons. The molecule has 3 aromatic rings. The van der Waals surface area contributed by atoms with Crippen LogP contribution in [0, 0.1) is 13.8 Å². The SMILES string of the molecule is CCN(Cc1ccncc1)C(=O)c1ccc(Cn2nc(C)cc2C)cc1. The average Bonchev–Trinajstić information content (AvgIpc) is 2.97. The molecule has 3 rings (SSSR count). The van der Waals surface area contributed by atoms with Crippen LogP contribution in [0.15, 0.2) is 54.9 Å². The second kappa shape index (κ2) is 7.95. The first kappa shape index (κ1) is 17.9. The van der Waals surface area contributed by atoms with Crippen LogP contribution in [0.25, 0.3) is 0 Å². The molecule has 0 aliphatic carbocycles. The van der Waals surface area contributed by atoms with Crippen LogP contribution in [0.4, 0.5) is 0 Å². The summed E-state index contributed by atoms with van der Waals surface area (Å²) in [7, 11) is 0. The van der Waals surface area contributed by atoms with E-state index in [1.54, 1.807) is 12.4 Å². The Labute approximate surface area is 154 Å². The number of carbonyl (C=O) groups excluding carboxylic acids is 1. The van der Waals surface area contributed by atoms with Crippen LogP contribution in [0.2, 0.25) is 0 Å². The Morgan fingerprint density at radius 1 is 1.04 bits per heavy atom. The van der Waals surface area contributed by atoms with E-state index in [0.29, 0.717) is 25.2 Å². The molecule has 5 nitrogen and oxygen atoms in total. The van der Waals surface area contributed by atoms with Gasteiger partial charge in [0, 0.05) is 36.7 Å². The Balaban J connectivity index is 1.70. The van der Waals surface area contributed by atoms with Crippen LogP contribution >= 0.6 is 0 Å². The lowest BCUT2D eigenvalue weighted by Crippen LogP contribution is -2.30. The number of hydrogen-bond acceptors (Lipinski definition) is 3. The van der Waals surface area contributed by atoms with Crippen LogP contribution in [0.3, 0.4) is 0 Å². The molecule has 0 bridgehead atoms. The molecule has 0 fully saturated rings. The zero-order valence-corrected chi connectivity index (χ0v) is 15.5. The van der Waals surface area contributed by atoms with Crippen molar-refractivity contribution >= 4 is 5.91 Å². The summed E-state index contributed by atoms with van der Waals surface area (Å²) < 4.78 is 1.98. The van der Waals surface area contributed by atoms with Gasteiger partial charge in [0.15, 0.2) is 0 Å². The van der Waals surface area contributed by atoms with Crippen molar-refractivity contribution in [3.05, 3.63) is 82.9 Å². The van der Waals surface area contributed by atoms with Gasteiger partial charge in [-0.3, -0.25) is 14.5 Å². The third-order valence-electron chi connectivity index (χ3n) is 4.43. The van der Waals surface area contributed by atoms with Gasteiger partial charge < -0.3 is 4.90 Å². The minimum Gasteiger partial charge on any atom is -0.335 e. The number of aromatic nitrogens is 3. The van der Waals surface area contributed by atoms with Crippen molar-refractivity contribution in [1.82, 2.24) is 19.7 Å².